The van der Waals surface area contributed by atoms with Crippen molar-refractivity contribution < 1.29 is 9.47 Å². The highest BCUT2D eigenvalue weighted by atomic mass is 35.5. The van der Waals surface area contributed by atoms with Gasteiger partial charge in [-0.25, -0.2) is 0 Å². The minimum absolute atomic E-state index is 0.409. The molecule has 4 nitrogen and oxygen atoms in total. The van der Waals surface area contributed by atoms with Crippen LogP contribution < -0.4 is 20.1 Å². The van der Waals surface area contributed by atoms with Crippen LogP contribution in [0.2, 0.25) is 10.0 Å². The third-order valence-electron chi connectivity index (χ3n) is 3.14. The predicted molar refractivity (Wildman–Crippen MR) is 101 cm³/mol. The Morgan fingerprint density at radius 2 is 1.65 bits per heavy atom. The third-order valence-corrected chi connectivity index (χ3v) is 4.05. The first kappa shape index (κ1) is 17.7. The van der Waals surface area contributed by atoms with Gasteiger partial charge in [-0.3, -0.25) is 0 Å². The van der Waals surface area contributed by atoms with E-state index >= 15 is 0 Å². The monoisotopic (exact) mass is 370 g/mol. The highest BCUT2D eigenvalue weighted by Gasteiger charge is 2.09. The van der Waals surface area contributed by atoms with Gasteiger partial charge in [-0.15, -0.1) is 0 Å². The van der Waals surface area contributed by atoms with Gasteiger partial charge in [-0.1, -0.05) is 23.2 Å². The molecule has 7 heteroatoms. The summed E-state index contributed by atoms with van der Waals surface area (Å²) in [5, 5.41) is 7.69. The summed E-state index contributed by atoms with van der Waals surface area (Å²) in [5.41, 5.74) is 2.40. The molecule has 0 aliphatic rings. The van der Waals surface area contributed by atoms with Gasteiger partial charge in [0.1, 0.15) is 11.5 Å². The van der Waals surface area contributed by atoms with Crippen LogP contribution >= 0.6 is 35.4 Å². The number of benzene rings is 2. The first-order valence-electron chi connectivity index (χ1n) is 6.70. The fourth-order valence-electron chi connectivity index (χ4n) is 1.96. The van der Waals surface area contributed by atoms with E-state index in [1.165, 1.54) is 0 Å². The molecule has 2 aromatic rings. The Morgan fingerprint density at radius 1 is 0.957 bits per heavy atom. The Morgan fingerprint density at radius 3 is 2.26 bits per heavy atom. The van der Waals surface area contributed by atoms with Crippen LogP contribution in [0.15, 0.2) is 30.3 Å². The second-order valence-electron chi connectivity index (χ2n) is 4.73. The van der Waals surface area contributed by atoms with Crippen LogP contribution in [0.4, 0.5) is 11.4 Å². The predicted octanol–water partition coefficient (Wildman–Crippen LogP) is 5.13. The molecule has 0 saturated carbocycles. The summed E-state index contributed by atoms with van der Waals surface area (Å²) in [4.78, 5) is 0. The number of hydrogen-bond acceptors (Lipinski definition) is 3. The number of ether oxygens (including phenoxy) is 2. The Hall–Kier alpha value is -1.69. The summed E-state index contributed by atoms with van der Waals surface area (Å²) in [6.45, 7) is 1.91. The van der Waals surface area contributed by atoms with E-state index in [-0.39, 0.29) is 0 Å². The molecular formula is C16H16Cl2N2O2S. The van der Waals surface area contributed by atoms with E-state index in [0.717, 1.165) is 16.9 Å². The fourth-order valence-corrected chi connectivity index (χ4v) is 2.60. The van der Waals surface area contributed by atoms with Gasteiger partial charge in [-0.2, -0.15) is 0 Å². The maximum absolute atomic E-state index is 6.10. The van der Waals surface area contributed by atoms with Crippen LogP contribution in [0.3, 0.4) is 0 Å². The summed E-state index contributed by atoms with van der Waals surface area (Å²) in [6.07, 6.45) is 0. The van der Waals surface area contributed by atoms with Crippen molar-refractivity contribution in [1.82, 2.24) is 0 Å². The first-order valence-corrected chi connectivity index (χ1v) is 7.86. The Labute approximate surface area is 150 Å². The minimum Gasteiger partial charge on any atom is -0.495 e. The standard InChI is InChI=1S/C16H16Cl2N2O2S/c1-9-6-13(15(22-3)8-11(9)17)20-16(23)19-10-4-5-14(21-2)12(18)7-10/h4-8H,1-3H3,(H2,19,20,23). The lowest BCUT2D eigenvalue weighted by Gasteiger charge is -2.15. The highest BCUT2D eigenvalue weighted by molar-refractivity contribution is 7.80. The Bertz CT molecular complexity index is 738. The second-order valence-corrected chi connectivity index (χ2v) is 5.95. The van der Waals surface area contributed by atoms with Gasteiger partial charge in [-0.05, 0) is 49.0 Å². The second kappa shape index (κ2) is 7.73. The van der Waals surface area contributed by atoms with Crippen LogP contribution in [0.5, 0.6) is 11.5 Å². The van der Waals surface area contributed by atoms with Crippen molar-refractivity contribution in [3.05, 3.63) is 45.9 Å². The van der Waals surface area contributed by atoms with Gasteiger partial charge in [0.2, 0.25) is 0 Å². The van der Waals surface area contributed by atoms with Crippen LogP contribution in [0.25, 0.3) is 0 Å². The normalized spacial score (nSPS) is 10.1. The molecular weight excluding hydrogens is 355 g/mol. The maximum Gasteiger partial charge on any atom is 0.175 e. The zero-order chi connectivity index (χ0) is 17.0. The van der Waals surface area contributed by atoms with Gasteiger partial charge in [0.15, 0.2) is 5.11 Å². The molecule has 122 valence electrons. The van der Waals surface area contributed by atoms with E-state index in [2.05, 4.69) is 10.6 Å². The quantitative estimate of drug-likeness (QED) is 0.730. The largest absolute Gasteiger partial charge is 0.495 e. The lowest BCUT2D eigenvalue weighted by atomic mass is 10.2. The third kappa shape index (κ3) is 4.41. The first-order chi connectivity index (χ1) is 10.9. The number of hydrogen-bond donors (Lipinski definition) is 2. The zero-order valence-electron chi connectivity index (χ0n) is 12.9. The summed E-state index contributed by atoms with van der Waals surface area (Å²) in [6, 6.07) is 8.93. The number of nitrogens with one attached hydrogen (secondary N) is 2. The topological polar surface area (TPSA) is 42.5 Å². The molecule has 0 fully saturated rings. The smallest absolute Gasteiger partial charge is 0.175 e. The summed E-state index contributed by atoms with van der Waals surface area (Å²) in [7, 11) is 3.14. The number of anilines is 2. The maximum atomic E-state index is 6.10. The molecule has 0 heterocycles. The van der Waals surface area contributed by atoms with Crippen molar-refractivity contribution in [3.8, 4) is 11.5 Å². The van der Waals surface area contributed by atoms with Crippen molar-refractivity contribution in [1.29, 1.82) is 0 Å². The lowest BCUT2D eigenvalue weighted by molar-refractivity contribution is 0.415. The van der Waals surface area contributed by atoms with E-state index in [1.54, 1.807) is 32.4 Å². The number of rotatable bonds is 4. The molecule has 0 aromatic heterocycles. The molecule has 0 spiro atoms. The number of methoxy groups -OCH3 is 2. The Kier molecular flexibility index (Phi) is 5.93. The SMILES string of the molecule is COc1ccc(NC(=S)Nc2cc(C)c(Cl)cc2OC)cc1Cl. The minimum atomic E-state index is 0.409. The van der Waals surface area contributed by atoms with E-state index in [0.29, 0.717) is 26.7 Å². The molecule has 0 radical (unpaired) electrons. The van der Waals surface area contributed by atoms with Crippen LogP contribution in [0, 0.1) is 6.92 Å². The van der Waals surface area contributed by atoms with E-state index < -0.39 is 0 Å². The molecule has 0 amide bonds. The van der Waals surface area contributed by atoms with E-state index in [4.69, 9.17) is 44.9 Å². The van der Waals surface area contributed by atoms with Gasteiger partial charge in [0.25, 0.3) is 0 Å². The fraction of sp³-hybridized carbons (Fsp3) is 0.188. The van der Waals surface area contributed by atoms with Crippen LogP contribution in [-0.2, 0) is 0 Å². The highest BCUT2D eigenvalue weighted by Crippen LogP contribution is 2.31. The van der Waals surface area contributed by atoms with Gasteiger partial charge in [0.05, 0.1) is 24.9 Å². The van der Waals surface area contributed by atoms with Gasteiger partial charge in [0, 0.05) is 16.8 Å². The molecule has 0 aliphatic carbocycles. The number of thiocarbonyl (C=S) groups is 1. The molecule has 2 N–H and O–H groups in total. The lowest BCUT2D eigenvalue weighted by Crippen LogP contribution is -2.19. The van der Waals surface area contributed by atoms with Crippen molar-refractivity contribution >= 4 is 51.9 Å². The van der Waals surface area contributed by atoms with Gasteiger partial charge >= 0.3 is 0 Å². The van der Waals surface area contributed by atoms with Crippen molar-refractivity contribution in [3.63, 3.8) is 0 Å². The summed E-state index contributed by atoms with van der Waals surface area (Å²) >= 11 is 17.5. The van der Waals surface area contributed by atoms with Crippen LogP contribution in [0.1, 0.15) is 5.56 Å². The van der Waals surface area contributed by atoms with Gasteiger partial charge < -0.3 is 20.1 Å². The number of aryl methyl sites for hydroxylation is 1. The molecule has 0 aliphatic heterocycles. The zero-order valence-corrected chi connectivity index (χ0v) is 15.2. The molecule has 23 heavy (non-hydrogen) atoms. The van der Waals surface area contributed by atoms with Crippen molar-refractivity contribution in [2.75, 3.05) is 24.9 Å². The number of halogens is 2. The van der Waals surface area contributed by atoms with Crippen LogP contribution in [-0.4, -0.2) is 19.3 Å². The summed E-state index contributed by atoms with van der Waals surface area (Å²) < 4.78 is 10.4. The Balaban J connectivity index is 2.14. The van der Waals surface area contributed by atoms with E-state index in [1.807, 2.05) is 19.1 Å². The average Bonchev–Trinajstić information content (AvgIpc) is 2.50. The van der Waals surface area contributed by atoms with E-state index in [9.17, 15) is 0 Å². The average molecular weight is 371 g/mol. The molecule has 2 rings (SSSR count). The van der Waals surface area contributed by atoms with Crippen molar-refractivity contribution in [2.45, 2.75) is 6.92 Å². The molecule has 2 aromatic carbocycles. The molecule has 0 saturated heterocycles. The van der Waals surface area contributed by atoms with Crippen molar-refractivity contribution in [2.24, 2.45) is 0 Å². The molecule has 0 atom stereocenters. The summed E-state index contributed by atoms with van der Waals surface area (Å²) in [5.74, 6) is 1.21. The molecule has 0 bridgehead atoms. The molecule has 0 unspecified atom stereocenters.